The van der Waals surface area contributed by atoms with Crippen molar-refractivity contribution in [3.63, 3.8) is 0 Å². The number of hydrogen-bond acceptors (Lipinski definition) is 0. The Kier molecular flexibility index (Phi) is 0.392. The van der Waals surface area contributed by atoms with Gasteiger partial charge in [-0.05, 0) is 12.8 Å². The monoisotopic (exact) mass is 104 g/mol. The van der Waals surface area contributed by atoms with E-state index in [0.717, 1.165) is 12.8 Å². The van der Waals surface area contributed by atoms with Crippen LogP contribution < -0.4 is 0 Å². The summed E-state index contributed by atoms with van der Waals surface area (Å²) in [6.45, 7) is 0. The van der Waals surface area contributed by atoms with Gasteiger partial charge in [-0.15, -0.1) is 0 Å². The van der Waals surface area contributed by atoms with Gasteiger partial charge in [0, 0.05) is 11.8 Å². The van der Waals surface area contributed by atoms with Crippen LogP contribution in [-0.4, -0.2) is 5.92 Å². The summed E-state index contributed by atoms with van der Waals surface area (Å²) in [5.41, 5.74) is 0. The first-order valence-electron chi connectivity index (χ1n) is 2.61. The van der Waals surface area contributed by atoms with Crippen LogP contribution in [0.2, 0.25) is 0 Å². The molecule has 2 unspecified atom stereocenters. The van der Waals surface area contributed by atoms with Crippen LogP contribution >= 0.6 is 0 Å². The Morgan fingerprint density at radius 1 is 1.14 bits per heavy atom. The zero-order valence-corrected chi connectivity index (χ0v) is 3.82. The first-order chi connectivity index (χ1) is 3.23. The minimum absolute atomic E-state index is 0.188. The van der Waals surface area contributed by atoms with E-state index < -0.39 is 5.92 Å². The number of halogens is 2. The molecule has 0 radical (unpaired) electrons. The van der Waals surface area contributed by atoms with E-state index in [1.165, 1.54) is 0 Å². The van der Waals surface area contributed by atoms with Crippen molar-refractivity contribution in [2.45, 2.75) is 18.8 Å². The summed E-state index contributed by atoms with van der Waals surface area (Å²) in [5.74, 6) is -2.60. The second-order valence-corrected chi connectivity index (χ2v) is 2.46. The molecule has 0 saturated heterocycles. The van der Waals surface area contributed by atoms with Crippen LogP contribution in [0.1, 0.15) is 12.8 Å². The lowest BCUT2D eigenvalue weighted by Crippen LogP contribution is -1.93. The Morgan fingerprint density at radius 3 is 1.57 bits per heavy atom. The molecular formula is C5H6F2. The number of hydrogen-bond donors (Lipinski definition) is 0. The van der Waals surface area contributed by atoms with Crippen LogP contribution in [0.5, 0.6) is 0 Å². The highest BCUT2D eigenvalue weighted by Crippen LogP contribution is 2.67. The van der Waals surface area contributed by atoms with Gasteiger partial charge >= 0.3 is 0 Å². The van der Waals surface area contributed by atoms with Gasteiger partial charge in [-0.3, -0.25) is 0 Å². The number of alkyl halides is 2. The van der Waals surface area contributed by atoms with Crippen molar-refractivity contribution in [3.05, 3.63) is 0 Å². The molecule has 0 spiro atoms. The first kappa shape index (κ1) is 3.81. The molecule has 2 aliphatic carbocycles. The maximum Gasteiger partial charge on any atom is 0.254 e. The fourth-order valence-electron chi connectivity index (χ4n) is 1.35. The van der Waals surface area contributed by atoms with Crippen molar-refractivity contribution < 1.29 is 8.78 Å². The Hall–Kier alpha value is -0.140. The minimum atomic E-state index is -2.22. The van der Waals surface area contributed by atoms with E-state index in [4.69, 9.17) is 0 Å². The molecular weight excluding hydrogens is 98.1 g/mol. The van der Waals surface area contributed by atoms with Crippen molar-refractivity contribution in [2.24, 2.45) is 11.8 Å². The van der Waals surface area contributed by atoms with Gasteiger partial charge in [0.15, 0.2) is 0 Å². The summed E-state index contributed by atoms with van der Waals surface area (Å²) < 4.78 is 24.0. The van der Waals surface area contributed by atoms with Crippen LogP contribution in [0.15, 0.2) is 0 Å². The van der Waals surface area contributed by atoms with Crippen molar-refractivity contribution >= 4 is 0 Å². The molecule has 0 heterocycles. The van der Waals surface area contributed by atoms with Crippen LogP contribution in [-0.2, 0) is 0 Å². The average molecular weight is 104 g/mol. The predicted octanol–water partition coefficient (Wildman–Crippen LogP) is 1.66. The number of rotatable bonds is 0. The molecule has 0 nitrogen and oxygen atoms in total. The first-order valence-corrected chi connectivity index (χ1v) is 2.61. The SMILES string of the molecule is FC1(F)C2CCC21. The molecule has 2 saturated carbocycles. The molecule has 0 aliphatic heterocycles. The van der Waals surface area contributed by atoms with Gasteiger partial charge in [-0.2, -0.15) is 0 Å². The zero-order valence-electron chi connectivity index (χ0n) is 3.82. The van der Waals surface area contributed by atoms with Crippen LogP contribution in [0, 0.1) is 11.8 Å². The maximum atomic E-state index is 12.0. The highest BCUT2D eigenvalue weighted by atomic mass is 19.3. The van der Waals surface area contributed by atoms with Gasteiger partial charge in [0.2, 0.25) is 0 Å². The van der Waals surface area contributed by atoms with Crippen LogP contribution in [0.3, 0.4) is 0 Å². The topological polar surface area (TPSA) is 0 Å². The Bertz CT molecular complexity index is 96.6. The highest BCUT2D eigenvalue weighted by molar-refractivity contribution is 5.12. The Balaban J connectivity index is 2.18. The highest BCUT2D eigenvalue weighted by Gasteiger charge is 2.72. The maximum absolute atomic E-state index is 12.0. The molecule has 2 atom stereocenters. The lowest BCUT2D eigenvalue weighted by atomic mass is 10.0. The summed E-state index contributed by atoms with van der Waals surface area (Å²) in [4.78, 5) is 0. The van der Waals surface area contributed by atoms with E-state index in [1.54, 1.807) is 0 Å². The van der Waals surface area contributed by atoms with Gasteiger partial charge in [0.25, 0.3) is 5.92 Å². The third-order valence-corrected chi connectivity index (χ3v) is 2.15. The summed E-state index contributed by atoms with van der Waals surface area (Å²) in [6.07, 6.45) is 1.55. The van der Waals surface area contributed by atoms with Crippen molar-refractivity contribution in [2.75, 3.05) is 0 Å². The fraction of sp³-hybridized carbons (Fsp3) is 1.00. The molecule has 2 rings (SSSR count). The van der Waals surface area contributed by atoms with E-state index in [0.29, 0.717) is 0 Å². The quantitative estimate of drug-likeness (QED) is 0.438. The minimum Gasteiger partial charge on any atom is -0.206 e. The Labute approximate surface area is 40.5 Å². The van der Waals surface area contributed by atoms with E-state index in [2.05, 4.69) is 0 Å². The molecule has 2 heteroatoms. The van der Waals surface area contributed by atoms with Gasteiger partial charge < -0.3 is 0 Å². The van der Waals surface area contributed by atoms with Crippen LogP contribution in [0.4, 0.5) is 8.78 Å². The smallest absolute Gasteiger partial charge is 0.206 e. The normalized spacial score (nSPS) is 52.3. The molecule has 0 aromatic rings. The van der Waals surface area contributed by atoms with Crippen molar-refractivity contribution in [1.82, 2.24) is 0 Å². The molecule has 7 heavy (non-hydrogen) atoms. The molecule has 2 fully saturated rings. The number of fused-ring (bicyclic) bond motifs is 1. The molecule has 0 aromatic heterocycles. The van der Waals surface area contributed by atoms with Gasteiger partial charge in [-0.25, -0.2) is 8.78 Å². The summed E-state index contributed by atoms with van der Waals surface area (Å²) in [5, 5.41) is 0. The van der Waals surface area contributed by atoms with E-state index in [-0.39, 0.29) is 11.8 Å². The van der Waals surface area contributed by atoms with Gasteiger partial charge in [0.05, 0.1) is 0 Å². The average Bonchev–Trinajstić information content (AvgIpc) is 1.52. The standard InChI is InChI=1S/C5H6F2/c6-5(7)3-1-2-4(3)5/h3-4H,1-2H2. The second-order valence-electron chi connectivity index (χ2n) is 2.46. The van der Waals surface area contributed by atoms with E-state index in [9.17, 15) is 8.78 Å². The van der Waals surface area contributed by atoms with Gasteiger partial charge in [0.1, 0.15) is 0 Å². The second kappa shape index (κ2) is 0.721. The van der Waals surface area contributed by atoms with E-state index in [1.807, 2.05) is 0 Å². The zero-order chi connectivity index (χ0) is 5.07. The predicted molar refractivity (Wildman–Crippen MR) is 21.2 cm³/mol. The third-order valence-electron chi connectivity index (χ3n) is 2.15. The van der Waals surface area contributed by atoms with Crippen molar-refractivity contribution in [1.29, 1.82) is 0 Å². The Morgan fingerprint density at radius 2 is 1.57 bits per heavy atom. The fourth-order valence-corrected chi connectivity index (χ4v) is 1.35. The lowest BCUT2D eigenvalue weighted by molar-refractivity contribution is 0.0978. The molecule has 2 aliphatic rings. The molecule has 40 valence electrons. The summed E-state index contributed by atoms with van der Waals surface area (Å²) in [7, 11) is 0. The van der Waals surface area contributed by atoms with Crippen molar-refractivity contribution in [3.8, 4) is 0 Å². The molecule has 0 amide bonds. The summed E-state index contributed by atoms with van der Waals surface area (Å²) in [6, 6.07) is 0. The molecule has 0 N–H and O–H groups in total. The molecule has 0 bridgehead atoms. The lowest BCUT2D eigenvalue weighted by Gasteiger charge is -2.01. The summed E-state index contributed by atoms with van der Waals surface area (Å²) >= 11 is 0. The third kappa shape index (κ3) is 0.245. The largest absolute Gasteiger partial charge is 0.254 e. The molecule has 0 aromatic carbocycles. The van der Waals surface area contributed by atoms with Crippen LogP contribution in [0.25, 0.3) is 0 Å². The van der Waals surface area contributed by atoms with Gasteiger partial charge in [-0.1, -0.05) is 0 Å². The van der Waals surface area contributed by atoms with E-state index >= 15 is 0 Å².